The van der Waals surface area contributed by atoms with Gasteiger partial charge in [-0.25, -0.2) is 4.98 Å². The number of nitrogens with zero attached hydrogens (tertiary/aromatic N) is 3. The van der Waals surface area contributed by atoms with Gasteiger partial charge in [0.25, 0.3) is 0 Å². The third kappa shape index (κ3) is 3.18. The number of aromatic nitrogens is 2. The Labute approximate surface area is 124 Å². The maximum atomic E-state index is 13.1. The number of halogens is 4. The number of para-hydroxylation sites is 1. The third-order valence-corrected chi connectivity index (χ3v) is 3.09. The first-order valence-corrected chi connectivity index (χ1v) is 6.19. The summed E-state index contributed by atoms with van der Waals surface area (Å²) in [5.74, 6) is -0.331. The number of alkyl halides is 3. The lowest BCUT2D eigenvalue weighted by Gasteiger charge is -2.23. The Morgan fingerprint density at radius 2 is 1.90 bits per heavy atom. The molecule has 8 heteroatoms. The smallest absolute Gasteiger partial charge is 0.421 e. The summed E-state index contributed by atoms with van der Waals surface area (Å²) in [6.07, 6.45) is -3.90. The Kier molecular flexibility index (Phi) is 4.22. The topological polar surface area (TPSA) is 38.2 Å². The van der Waals surface area contributed by atoms with Gasteiger partial charge in [0.05, 0.1) is 17.8 Å². The molecule has 0 unspecified atom stereocenters. The van der Waals surface area contributed by atoms with Gasteiger partial charge in [0.1, 0.15) is 5.56 Å². The summed E-state index contributed by atoms with van der Waals surface area (Å²) in [4.78, 5) is 8.54. The van der Waals surface area contributed by atoms with Crippen molar-refractivity contribution in [3.63, 3.8) is 0 Å². The third-order valence-electron chi connectivity index (χ3n) is 2.77. The molecular weight excluding hydrogens is 307 g/mol. The molecule has 0 amide bonds. The fourth-order valence-corrected chi connectivity index (χ4v) is 2.01. The summed E-state index contributed by atoms with van der Waals surface area (Å²) >= 11 is 6.01. The normalized spacial score (nSPS) is 11.3. The molecule has 1 aromatic carbocycles. The molecule has 0 radical (unpaired) electrons. The van der Waals surface area contributed by atoms with Crippen LogP contribution >= 0.6 is 11.6 Å². The molecular formula is C13H11ClF3N3O. The maximum absolute atomic E-state index is 13.1. The number of hydrogen-bond donors (Lipinski definition) is 0. The van der Waals surface area contributed by atoms with Gasteiger partial charge in [0, 0.05) is 13.2 Å². The van der Waals surface area contributed by atoms with Crippen LogP contribution in [0.5, 0.6) is 6.01 Å². The molecule has 1 heterocycles. The molecule has 0 N–H and O–H groups in total. The largest absolute Gasteiger partial charge is 0.467 e. The van der Waals surface area contributed by atoms with E-state index in [9.17, 15) is 13.2 Å². The van der Waals surface area contributed by atoms with Crippen molar-refractivity contribution in [2.45, 2.75) is 6.18 Å². The van der Waals surface area contributed by atoms with Crippen molar-refractivity contribution < 1.29 is 17.9 Å². The van der Waals surface area contributed by atoms with E-state index >= 15 is 0 Å². The molecule has 21 heavy (non-hydrogen) atoms. The minimum absolute atomic E-state index is 0.156. The average Bonchev–Trinajstić information content (AvgIpc) is 2.45. The van der Waals surface area contributed by atoms with Crippen LogP contribution in [0.4, 0.5) is 24.7 Å². The molecule has 0 aliphatic rings. The van der Waals surface area contributed by atoms with Gasteiger partial charge in [-0.15, -0.1) is 0 Å². The molecule has 0 saturated carbocycles. The van der Waals surface area contributed by atoms with Gasteiger partial charge in [-0.1, -0.05) is 23.7 Å². The molecule has 4 nitrogen and oxygen atoms in total. The zero-order chi connectivity index (χ0) is 15.6. The van der Waals surface area contributed by atoms with Crippen molar-refractivity contribution in [1.82, 2.24) is 9.97 Å². The SMILES string of the molecule is COc1ncc(C(F)(F)F)c(N(C)c2ccccc2Cl)n1. The first-order chi connectivity index (χ1) is 9.84. The summed E-state index contributed by atoms with van der Waals surface area (Å²) in [6.45, 7) is 0. The van der Waals surface area contributed by atoms with E-state index in [1.807, 2.05) is 0 Å². The quantitative estimate of drug-likeness (QED) is 0.860. The van der Waals surface area contributed by atoms with Crippen LogP contribution in [0.3, 0.4) is 0 Å². The van der Waals surface area contributed by atoms with Gasteiger partial charge in [0.15, 0.2) is 5.82 Å². The fraction of sp³-hybridized carbons (Fsp3) is 0.231. The second-order valence-electron chi connectivity index (χ2n) is 4.10. The second-order valence-corrected chi connectivity index (χ2v) is 4.51. The average molecular weight is 318 g/mol. The minimum atomic E-state index is -4.59. The van der Waals surface area contributed by atoms with E-state index in [1.54, 1.807) is 24.3 Å². The Balaban J connectivity index is 2.58. The second kappa shape index (κ2) is 5.77. The Morgan fingerprint density at radius 1 is 1.24 bits per heavy atom. The first-order valence-electron chi connectivity index (χ1n) is 5.81. The Morgan fingerprint density at radius 3 is 2.48 bits per heavy atom. The zero-order valence-corrected chi connectivity index (χ0v) is 11.9. The molecule has 0 spiro atoms. The highest BCUT2D eigenvalue weighted by atomic mass is 35.5. The summed E-state index contributed by atoms with van der Waals surface area (Å²) in [6, 6.07) is 6.38. The summed E-state index contributed by atoms with van der Waals surface area (Å²) in [7, 11) is 2.72. The van der Waals surface area contributed by atoms with Crippen LogP contribution in [0.2, 0.25) is 5.02 Å². The number of hydrogen-bond acceptors (Lipinski definition) is 4. The van der Waals surface area contributed by atoms with Gasteiger partial charge in [-0.2, -0.15) is 18.2 Å². The van der Waals surface area contributed by atoms with Crippen LogP contribution in [0.1, 0.15) is 5.56 Å². The summed E-state index contributed by atoms with van der Waals surface area (Å²) < 4.78 is 44.0. The van der Waals surface area contributed by atoms with Crippen LogP contribution in [-0.4, -0.2) is 24.1 Å². The Hall–Kier alpha value is -2.02. The predicted molar refractivity (Wildman–Crippen MR) is 73.1 cm³/mol. The van der Waals surface area contributed by atoms with Crippen molar-refractivity contribution in [2.75, 3.05) is 19.1 Å². The molecule has 0 fully saturated rings. The molecule has 2 aromatic rings. The van der Waals surface area contributed by atoms with Crippen molar-refractivity contribution in [3.05, 3.63) is 41.0 Å². The van der Waals surface area contributed by atoms with Gasteiger partial charge >= 0.3 is 12.2 Å². The highest BCUT2D eigenvalue weighted by Gasteiger charge is 2.36. The molecule has 2 rings (SSSR count). The van der Waals surface area contributed by atoms with Crippen LogP contribution in [-0.2, 0) is 6.18 Å². The lowest BCUT2D eigenvalue weighted by atomic mass is 10.2. The van der Waals surface area contributed by atoms with E-state index < -0.39 is 11.7 Å². The molecule has 0 atom stereocenters. The molecule has 0 saturated heterocycles. The van der Waals surface area contributed by atoms with Gasteiger partial charge in [-0.05, 0) is 12.1 Å². The highest BCUT2D eigenvalue weighted by molar-refractivity contribution is 6.33. The maximum Gasteiger partial charge on any atom is 0.421 e. The monoisotopic (exact) mass is 317 g/mol. The van der Waals surface area contributed by atoms with Crippen LogP contribution in [0, 0.1) is 0 Å². The van der Waals surface area contributed by atoms with Crippen molar-refractivity contribution >= 4 is 23.1 Å². The van der Waals surface area contributed by atoms with Crippen LogP contribution in [0.25, 0.3) is 0 Å². The zero-order valence-electron chi connectivity index (χ0n) is 11.1. The van der Waals surface area contributed by atoms with E-state index in [2.05, 4.69) is 9.97 Å². The van der Waals surface area contributed by atoms with E-state index in [4.69, 9.17) is 16.3 Å². The van der Waals surface area contributed by atoms with E-state index in [-0.39, 0.29) is 11.8 Å². The molecule has 1 aromatic heterocycles. The summed E-state index contributed by atoms with van der Waals surface area (Å²) in [5.41, 5.74) is -0.573. The first kappa shape index (κ1) is 15.4. The van der Waals surface area contributed by atoms with Crippen molar-refractivity contribution in [3.8, 4) is 6.01 Å². The molecule has 0 aliphatic carbocycles. The summed E-state index contributed by atoms with van der Waals surface area (Å²) in [5, 5.41) is 0.311. The van der Waals surface area contributed by atoms with Crippen molar-refractivity contribution in [1.29, 1.82) is 0 Å². The van der Waals surface area contributed by atoms with E-state index in [1.165, 1.54) is 19.1 Å². The molecule has 0 bridgehead atoms. The number of anilines is 2. The standard InChI is InChI=1S/C13H11ClF3N3O/c1-20(10-6-4-3-5-9(10)14)11-8(13(15,16)17)7-18-12(19-11)21-2/h3-7H,1-2H3. The molecule has 0 aliphatic heterocycles. The molecule has 112 valence electrons. The number of ether oxygens (including phenoxy) is 1. The minimum Gasteiger partial charge on any atom is -0.467 e. The highest BCUT2D eigenvalue weighted by Crippen LogP contribution is 2.39. The van der Waals surface area contributed by atoms with Crippen molar-refractivity contribution in [2.24, 2.45) is 0 Å². The van der Waals surface area contributed by atoms with Crippen LogP contribution < -0.4 is 9.64 Å². The number of benzene rings is 1. The van der Waals surface area contributed by atoms with Gasteiger partial charge < -0.3 is 9.64 Å². The van der Waals surface area contributed by atoms with E-state index in [0.29, 0.717) is 16.9 Å². The van der Waals surface area contributed by atoms with Crippen LogP contribution in [0.15, 0.2) is 30.5 Å². The predicted octanol–water partition coefficient (Wildman–Crippen LogP) is 3.93. The number of methoxy groups -OCH3 is 1. The fourth-order valence-electron chi connectivity index (χ4n) is 1.75. The Bertz CT molecular complexity index is 649. The lowest BCUT2D eigenvalue weighted by Crippen LogP contribution is -2.19. The van der Waals surface area contributed by atoms with Gasteiger partial charge in [0.2, 0.25) is 0 Å². The lowest BCUT2D eigenvalue weighted by molar-refractivity contribution is -0.137. The van der Waals surface area contributed by atoms with E-state index in [0.717, 1.165) is 0 Å². The number of rotatable bonds is 3. The van der Waals surface area contributed by atoms with Gasteiger partial charge in [-0.3, -0.25) is 0 Å².